The van der Waals surface area contributed by atoms with Gasteiger partial charge in [0.05, 0.1) is 0 Å². The largest absolute Gasteiger partial charge is 0.370 e. The number of hydrogen-bond acceptors (Lipinski definition) is 4. The van der Waals surface area contributed by atoms with Crippen LogP contribution in [-0.4, -0.2) is 46.8 Å². The second kappa shape index (κ2) is 9.93. The van der Waals surface area contributed by atoms with Crippen molar-refractivity contribution in [3.05, 3.63) is 35.1 Å². The van der Waals surface area contributed by atoms with E-state index in [4.69, 9.17) is 11.5 Å². The maximum Gasteiger partial charge on any atom is 0.245 e. The SMILES string of the molecule is NC(=O)CCC(NC(=O)C1CC1)C(=O)N1C2CC[C@H]1CC([C@H](N)Cc1cc(F)c(F)cc1F)C2. The van der Waals surface area contributed by atoms with Crippen LogP contribution < -0.4 is 16.8 Å². The molecule has 1 aromatic carbocycles. The van der Waals surface area contributed by atoms with Crippen LogP contribution in [0.5, 0.6) is 0 Å². The van der Waals surface area contributed by atoms with E-state index in [1.165, 1.54) is 0 Å². The summed E-state index contributed by atoms with van der Waals surface area (Å²) >= 11 is 0. The van der Waals surface area contributed by atoms with Crippen molar-refractivity contribution in [3.8, 4) is 0 Å². The molecule has 2 saturated heterocycles. The molecule has 2 heterocycles. The lowest BCUT2D eigenvalue weighted by Gasteiger charge is -2.42. The van der Waals surface area contributed by atoms with Gasteiger partial charge in [0.15, 0.2) is 11.6 Å². The number of benzene rings is 1. The van der Waals surface area contributed by atoms with Crippen molar-refractivity contribution < 1.29 is 27.6 Å². The Labute approximate surface area is 196 Å². The fourth-order valence-corrected chi connectivity index (χ4v) is 5.43. The third kappa shape index (κ3) is 5.37. The van der Waals surface area contributed by atoms with Crippen LogP contribution >= 0.6 is 0 Å². The number of fused-ring (bicyclic) bond motifs is 2. The van der Waals surface area contributed by atoms with Gasteiger partial charge in [-0.1, -0.05) is 0 Å². The molecule has 1 saturated carbocycles. The highest BCUT2D eigenvalue weighted by molar-refractivity contribution is 5.90. The molecule has 4 rings (SSSR count). The number of nitrogens with one attached hydrogen (secondary N) is 1. The Kier molecular flexibility index (Phi) is 7.16. The number of amides is 3. The standard InChI is InChI=1S/C24H31F3N4O3/c25-17-11-19(27)18(26)9-13(17)10-20(28)14-7-15-3-4-16(8-14)31(15)24(34)21(5-6-22(29)32)30-23(33)12-1-2-12/h9,11-12,14-16,20-21H,1-8,10,28H2,(H2,29,32)(H,30,33)/t14?,15-,16?,20+,21?/m0/s1. The van der Waals surface area contributed by atoms with E-state index < -0.39 is 35.4 Å². The Morgan fingerprint density at radius 1 is 1.00 bits per heavy atom. The van der Waals surface area contributed by atoms with Crippen LogP contribution in [0.2, 0.25) is 0 Å². The first-order chi connectivity index (χ1) is 16.1. The van der Waals surface area contributed by atoms with E-state index in [9.17, 15) is 27.6 Å². The number of nitrogens with zero attached hydrogens (tertiary/aromatic N) is 1. The molecule has 5 N–H and O–H groups in total. The van der Waals surface area contributed by atoms with Crippen molar-refractivity contribution in [1.29, 1.82) is 0 Å². The van der Waals surface area contributed by atoms with Crippen molar-refractivity contribution in [2.24, 2.45) is 23.3 Å². The van der Waals surface area contributed by atoms with Crippen LogP contribution in [0.4, 0.5) is 13.2 Å². The molecular weight excluding hydrogens is 449 g/mol. The number of piperidine rings is 1. The zero-order chi connectivity index (χ0) is 24.6. The first-order valence-corrected chi connectivity index (χ1v) is 11.9. The van der Waals surface area contributed by atoms with Crippen LogP contribution in [0.15, 0.2) is 12.1 Å². The number of primary amides is 1. The highest BCUT2D eigenvalue weighted by Crippen LogP contribution is 2.41. The number of carbonyl (C=O) groups is 3. The summed E-state index contributed by atoms with van der Waals surface area (Å²) in [7, 11) is 0. The molecule has 0 spiro atoms. The summed E-state index contributed by atoms with van der Waals surface area (Å²) in [4.78, 5) is 38.9. The Bertz CT molecular complexity index is 957. The van der Waals surface area contributed by atoms with Gasteiger partial charge in [-0.25, -0.2) is 13.2 Å². The molecule has 3 fully saturated rings. The van der Waals surface area contributed by atoms with Crippen LogP contribution in [-0.2, 0) is 20.8 Å². The van der Waals surface area contributed by atoms with E-state index >= 15 is 0 Å². The molecular formula is C24H31F3N4O3. The molecule has 10 heteroatoms. The minimum absolute atomic E-state index is 0.00216. The third-order valence-corrected chi connectivity index (χ3v) is 7.42. The van der Waals surface area contributed by atoms with E-state index in [0.29, 0.717) is 18.9 Å². The van der Waals surface area contributed by atoms with Crippen LogP contribution in [0.25, 0.3) is 0 Å². The van der Waals surface area contributed by atoms with E-state index in [0.717, 1.165) is 31.7 Å². The van der Waals surface area contributed by atoms with Crippen molar-refractivity contribution >= 4 is 17.7 Å². The van der Waals surface area contributed by atoms with E-state index in [-0.39, 0.29) is 60.6 Å². The van der Waals surface area contributed by atoms with Gasteiger partial charge in [-0.15, -0.1) is 0 Å². The minimum Gasteiger partial charge on any atom is -0.370 e. The lowest BCUT2D eigenvalue weighted by Crippen LogP contribution is -2.56. The van der Waals surface area contributed by atoms with Gasteiger partial charge in [0.25, 0.3) is 0 Å². The zero-order valence-corrected chi connectivity index (χ0v) is 18.9. The molecule has 186 valence electrons. The number of halogens is 3. The van der Waals surface area contributed by atoms with E-state index in [1.807, 2.05) is 4.90 Å². The van der Waals surface area contributed by atoms with Gasteiger partial charge in [-0.2, -0.15) is 0 Å². The quantitative estimate of drug-likeness (QED) is 0.468. The van der Waals surface area contributed by atoms with Gasteiger partial charge in [0, 0.05) is 36.5 Å². The Morgan fingerprint density at radius 3 is 2.21 bits per heavy atom. The molecule has 7 nitrogen and oxygen atoms in total. The summed E-state index contributed by atoms with van der Waals surface area (Å²) in [6.45, 7) is 0. The fourth-order valence-electron chi connectivity index (χ4n) is 5.43. The molecule has 3 amide bonds. The third-order valence-electron chi connectivity index (χ3n) is 7.42. The van der Waals surface area contributed by atoms with Gasteiger partial charge in [-0.3, -0.25) is 14.4 Å². The molecule has 5 atom stereocenters. The van der Waals surface area contributed by atoms with Gasteiger partial charge in [-0.05, 0) is 68.9 Å². The van der Waals surface area contributed by atoms with Crippen LogP contribution in [0, 0.1) is 29.3 Å². The highest BCUT2D eigenvalue weighted by atomic mass is 19.2. The van der Waals surface area contributed by atoms with E-state index in [2.05, 4.69) is 5.32 Å². The molecule has 3 aliphatic rings. The smallest absolute Gasteiger partial charge is 0.245 e. The van der Waals surface area contributed by atoms with Crippen molar-refractivity contribution in [2.75, 3.05) is 0 Å². The fraction of sp³-hybridized carbons (Fsp3) is 0.625. The second-order valence-corrected chi connectivity index (χ2v) is 9.93. The molecule has 1 aromatic rings. The molecule has 0 aromatic heterocycles. The lowest BCUT2D eigenvalue weighted by molar-refractivity contribution is -0.141. The first-order valence-electron chi connectivity index (χ1n) is 11.9. The average Bonchev–Trinajstić information content (AvgIpc) is 3.59. The number of hydrogen-bond donors (Lipinski definition) is 3. The second-order valence-electron chi connectivity index (χ2n) is 9.93. The Balaban J connectivity index is 1.41. The number of nitrogens with two attached hydrogens (primary N) is 2. The van der Waals surface area contributed by atoms with Gasteiger partial charge < -0.3 is 21.7 Å². The summed E-state index contributed by atoms with van der Waals surface area (Å²) in [5.74, 6) is -4.16. The predicted octanol–water partition coefficient (Wildman–Crippen LogP) is 1.90. The van der Waals surface area contributed by atoms with Crippen LogP contribution in [0.1, 0.15) is 56.9 Å². The molecule has 34 heavy (non-hydrogen) atoms. The Morgan fingerprint density at radius 2 is 1.62 bits per heavy atom. The molecule has 3 unspecified atom stereocenters. The molecule has 2 aliphatic heterocycles. The van der Waals surface area contributed by atoms with Gasteiger partial charge in [0.2, 0.25) is 17.7 Å². The first kappa shape index (κ1) is 24.5. The summed E-state index contributed by atoms with van der Waals surface area (Å²) in [6, 6.07) is -0.0454. The van der Waals surface area contributed by atoms with Crippen LogP contribution in [0.3, 0.4) is 0 Å². The number of rotatable bonds is 9. The monoisotopic (exact) mass is 480 g/mol. The highest BCUT2D eigenvalue weighted by Gasteiger charge is 2.46. The summed E-state index contributed by atoms with van der Waals surface area (Å²) in [6.07, 6.45) is 4.61. The predicted molar refractivity (Wildman–Crippen MR) is 117 cm³/mol. The summed E-state index contributed by atoms with van der Waals surface area (Å²) in [5.41, 5.74) is 11.7. The minimum atomic E-state index is -1.24. The topological polar surface area (TPSA) is 119 Å². The lowest BCUT2D eigenvalue weighted by atomic mass is 9.82. The van der Waals surface area contributed by atoms with Crippen molar-refractivity contribution in [3.63, 3.8) is 0 Å². The molecule has 2 bridgehead atoms. The zero-order valence-electron chi connectivity index (χ0n) is 18.9. The van der Waals surface area contributed by atoms with Gasteiger partial charge in [0.1, 0.15) is 11.9 Å². The summed E-state index contributed by atoms with van der Waals surface area (Å²) < 4.78 is 40.9. The normalized spacial score (nSPS) is 25.6. The molecule has 1 aliphatic carbocycles. The van der Waals surface area contributed by atoms with Crippen molar-refractivity contribution in [1.82, 2.24) is 10.2 Å². The number of carbonyl (C=O) groups excluding carboxylic acids is 3. The van der Waals surface area contributed by atoms with E-state index in [1.54, 1.807) is 0 Å². The average molecular weight is 481 g/mol. The van der Waals surface area contributed by atoms with Gasteiger partial charge >= 0.3 is 0 Å². The Hall–Kier alpha value is -2.62. The van der Waals surface area contributed by atoms with Crippen molar-refractivity contribution in [2.45, 2.75) is 82.0 Å². The summed E-state index contributed by atoms with van der Waals surface area (Å²) in [5, 5.41) is 2.81. The molecule has 0 radical (unpaired) electrons. The maximum absolute atomic E-state index is 14.1. The maximum atomic E-state index is 14.1.